The quantitative estimate of drug-likeness (QED) is 0.431. The lowest BCUT2D eigenvalue weighted by atomic mass is 10.1. The van der Waals surface area contributed by atoms with Crippen LogP contribution in [0, 0.1) is 0 Å². The lowest BCUT2D eigenvalue weighted by Crippen LogP contribution is -2.04. The third kappa shape index (κ3) is 3.96. The summed E-state index contributed by atoms with van der Waals surface area (Å²) in [6.45, 7) is 0.747. The van der Waals surface area contributed by atoms with E-state index >= 15 is 0 Å². The van der Waals surface area contributed by atoms with Crippen LogP contribution in [0.5, 0.6) is 11.5 Å². The topological polar surface area (TPSA) is 72.1 Å². The second-order valence-electron chi connectivity index (χ2n) is 7.17. The Morgan fingerprint density at radius 3 is 2.66 bits per heavy atom. The van der Waals surface area contributed by atoms with Crippen molar-refractivity contribution in [1.82, 2.24) is 15.2 Å². The summed E-state index contributed by atoms with van der Waals surface area (Å²) in [5.41, 5.74) is 2.10. The molecule has 0 spiro atoms. The van der Waals surface area contributed by atoms with Crippen molar-refractivity contribution >= 4 is 5.69 Å². The number of alkyl halides is 3. The SMILES string of the molecule is FC(F)(F)c1cccc(-c2n[nH]c(-c3ccccc3NCc3ccc4c(c3)OCO4)n2)c1. The van der Waals surface area contributed by atoms with Gasteiger partial charge in [-0.25, -0.2) is 4.98 Å². The van der Waals surface area contributed by atoms with E-state index in [1.54, 1.807) is 6.07 Å². The second kappa shape index (κ2) is 7.92. The minimum absolute atomic E-state index is 0.191. The van der Waals surface area contributed by atoms with Gasteiger partial charge in [-0.1, -0.05) is 30.3 Å². The van der Waals surface area contributed by atoms with Crippen LogP contribution in [0.25, 0.3) is 22.8 Å². The summed E-state index contributed by atoms with van der Waals surface area (Å²) in [7, 11) is 0. The Labute approximate surface area is 181 Å². The van der Waals surface area contributed by atoms with Crippen LogP contribution < -0.4 is 14.8 Å². The monoisotopic (exact) mass is 438 g/mol. The first-order chi connectivity index (χ1) is 15.5. The van der Waals surface area contributed by atoms with Crippen LogP contribution in [0.2, 0.25) is 0 Å². The number of rotatable bonds is 5. The van der Waals surface area contributed by atoms with Gasteiger partial charge in [-0.15, -0.1) is 0 Å². The van der Waals surface area contributed by atoms with Crippen LogP contribution in [-0.4, -0.2) is 22.0 Å². The number of halogens is 3. The number of hydrogen-bond donors (Lipinski definition) is 2. The Hall–Kier alpha value is -4.01. The number of aromatic nitrogens is 3. The Morgan fingerprint density at radius 2 is 1.78 bits per heavy atom. The molecule has 0 aliphatic carbocycles. The summed E-state index contributed by atoms with van der Waals surface area (Å²) in [5.74, 6) is 2.07. The predicted molar refractivity (Wildman–Crippen MR) is 112 cm³/mol. The summed E-state index contributed by atoms with van der Waals surface area (Å²) >= 11 is 0. The fourth-order valence-electron chi connectivity index (χ4n) is 3.44. The summed E-state index contributed by atoms with van der Waals surface area (Å²) in [4.78, 5) is 4.43. The van der Waals surface area contributed by atoms with Crippen molar-refractivity contribution in [2.45, 2.75) is 12.7 Å². The van der Waals surface area contributed by atoms with Crippen LogP contribution in [-0.2, 0) is 12.7 Å². The van der Waals surface area contributed by atoms with E-state index in [0.29, 0.717) is 18.1 Å². The summed E-state index contributed by atoms with van der Waals surface area (Å²) in [6.07, 6.45) is -4.43. The average Bonchev–Trinajstić information content (AvgIpc) is 3.47. The summed E-state index contributed by atoms with van der Waals surface area (Å²) in [6, 6.07) is 18.2. The molecule has 2 heterocycles. The molecular weight excluding hydrogens is 421 g/mol. The van der Waals surface area contributed by atoms with Crippen molar-refractivity contribution in [3.63, 3.8) is 0 Å². The van der Waals surface area contributed by atoms with E-state index in [-0.39, 0.29) is 18.2 Å². The van der Waals surface area contributed by atoms with Gasteiger partial charge in [-0.05, 0) is 42.0 Å². The van der Waals surface area contributed by atoms with E-state index in [4.69, 9.17) is 9.47 Å². The van der Waals surface area contributed by atoms with E-state index < -0.39 is 11.7 Å². The minimum Gasteiger partial charge on any atom is -0.454 e. The van der Waals surface area contributed by atoms with Crippen molar-refractivity contribution in [2.24, 2.45) is 0 Å². The predicted octanol–water partition coefficient (Wildman–Crippen LogP) is 5.50. The molecule has 9 heteroatoms. The first-order valence-electron chi connectivity index (χ1n) is 9.79. The number of nitrogens with one attached hydrogen (secondary N) is 2. The third-order valence-corrected chi connectivity index (χ3v) is 5.04. The number of anilines is 1. The molecule has 0 fully saturated rings. The number of benzene rings is 3. The normalized spacial score (nSPS) is 12.7. The van der Waals surface area contributed by atoms with Gasteiger partial charge in [0.2, 0.25) is 6.79 Å². The van der Waals surface area contributed by atoms with Crippen LogP contribution in [0.1, 0.15) is 11.1 Å². The zero-order chi connectivity index (χ0) is 22.1. The highest BCUT2D eigenvalue weighted by atomic mass is 19.4. The van der Waals surface area contributed by atoms with E-state index in [2.05, 4.69) is 20.5 Å². The number of nitrogens with zero attached hydrogens (tertiary/aromatic N) is 2. The van der Waals surface area contributed by atoms with Gasteiger partial charge < -0.3 is 14.8 Å². The van der Waals surface area contributed by atoms with Gasteiger partial charge in [0.25, 0.3) is 0 Å². The molecule has 1 aromatic heterocycles. The Bertz CT molecular complexity index is 1270. The highest BCUT2D eigenvalue weighted by Crippen LogP contribution is 2.34. The second-order valence-corrected chi connectivity index (χ2v) is 7.17. The van der Waals surface area contributed by atoms with E-state index in [1.165, 1.54) is 6.07 Å². The van der Waals surface area contributed by atoms with Crippen molar-refractivity contribution < 1.29 is 22.6 Å². The molecule has 32 heavy (non-hydrogen) atoms. The number of fused-ring (bicyclic) bond motifs is 1. The first-order valence-corrected chi connectivity index (χ1v) is 9.79. The molecule has 2 N–H and O–H groups in total. The number of para-hydroxylation sites is 1. The molecule has 5 rings (SSSR count). The molecule has 1 aliphatic heterocycles. The van der Waals surface area contributed by atoms with Crippen molar-refractivity contribution in [2.75, 3.05) is 12.1 Å². The minimum atomic E-state index is -4.43. The molecule has 0 radical (unpaired) electrons. The molecule has 4 aromatic rings. The smallest absolute Gasteiger partial charge is 0.416 e. The Balaban J connectivity index is 1.38. The van der Waals surface area contributed by atoms with E-state index in [9.17, 15) is 13.2 Å². The molecule has 1 aliphatic rings. The van der Waals surface area contributed by atoms with Crippen molar-refractivity contribution in [3.8, 4) is 34.3 Å². The molecule has 0 amide bonds. The molecule has 0 bridgehead atoms. The van der Waals surface area contributed by atoms with Crippen LogP contribution >= 0.6 is 0 Å². The van der Waals surface area contributed by atoms with Crippen LogP contribution in [0.3, 0.4) is 0 Å². The fourth-order valence-corrected chi connectivity index (χ4v) is 3.44. The summed E-state index contributed by atoms with van der Waals surface area (Å²) in [5, 5.41) is 10.3. The molecular formula is C23H17F3N4O2. The van der Waals surface area contributed by atoms with Gasteiger partial charge in [0.1, 0.15) is 0 Å². The number of H-pyrrole nitrogens is 1. The molecule has 0 unspecified atom stereocenters. The van der Waals surface area contributed by atoms with Gasteiger partial charge >= 0.3 is 6.18 Å². The van der Waals surface area contributed by atoms with E-state index in [1.807, 2.05) is 42.5 Å². The van der Waals surface area contributed by atoms with Gasteiger partial charge in [0, 0.05) is 23.4 Å². The Kier molecular flexibility index (Phi) is 4.93. The molecule has 0 saturated carbocycles. The molecule has 162 valence electrons. The highest BCUT2D eigenvalue weighted by molar-refractivity contribution is 5.74. The average molecular weight is 438 g/mol. The maximum atomic E-state index is 13.0. The van der Waals surface area contributed by atoms with Crippen molar-refractivity contribution in [1.29, 1.82) is 0 Å². The zero-order valence-electron chi connectivity index (χ0n) is 16.6. The maximum absolute atomic E-state index is 13.0. The standard InChI is InChI=1S/C23H17F3N4O2/c24-23(25,26)16-5-3-4-15(11-16)21-28-22(30-29-21)17-6-1-2-7-18(17)27-12-14-8-9-19-20(10-14)32-13-31-19/h1-11,27H,12-13H2,(H,28,29,30). The maximum Gasteiger partial charge on any atom is 0.416 e. The number of ether oxygens (including phenoxy) is 2. The van der Waals surface area contributed by atoms with Crippen molar-refractivity contribution in [3.05, 3.63) is 77.9 Å². The lowest BCUT2D eigenvalue weighted by molar-refractivity contribution is -0.137. The molecule has 0 atom stereocenters. The van der Waals surface area contributed by atoms with Gasteiger partial charge in [0.15, 0.2) is 23.1 Å². The van der Waals surface area contributed by atoms with Crippen LogP contribution in [0.4, 0.5) is 18.9 Å². The third-order valence-electron chi connectivity index (χ3n) is 5.04. The lowest BCUT2D eigenvalue weighted by Gasteiger charge is -2.11. The number of aromatic amines is 1. The highest BCUT2D eigenvalue weighted by Gasteiger charge is 2.30. The van der Waals surface area contributed by atoms with Gasteiger partial charge in [-0.3, -0.25) is 5.10 Å². The van der Waals surface area contributed by atoms with Gasteiger partial charge in [0.05, 0.1) is 5.56 Å². The Morgan fingerprint density at radius 1 is 0.938 bits per heavy atom. The van der Waals surface area contributed by atoms with E-state index in [0.717, 1.165) is 34.7 Å². The fraction of sp³-hybridized carbons (Fsp3) is 0.130. The van der Waals surface area contributed by atoms with Crippen LogP contribution in [0.15, 0.2) is 66.7 Å². The van der Waals surface area contributed by atoms with Gasteiger partial charge in [-0.2, -0.15) is 18.3 Å². The molecule has 0 saturated heterocycles. The summed E-state index contributed by atoms with van der Waals surface area (Å²) < 4.78 is 49.8. The molecule has 6 nitrogen and oxygen atoms in total. The first kappa shape index (κ1) is 19.9. The largest absolute Gasteiger partial charge is 0.454 e. The zero-order valence-corrected chi connectivity index (χ0v) is 16.6. The molecule has 3 aromatic carbocycles. The number of hydrogen-bond acceptors (Lipinski definition) is 5.